The van der Waals surface area contributed by atoms with Crippen molar-refractivity contribution in [1.29, 1.82) is 5.41 Å². The molecule has 154 valence electrons. The van der Waals surface area contributed by atoms with Crippen LogP contribution in [0.5, 0.6) is 0 Å². The molecule has 0 spiro atoms. The highest BCUT2D eigenvalue weighted by Gasteiger charge is 2.32. The number of hydrogen-bond donors (Lipinski definition) is 3. The van der Waals surface area contributed by atoms with E-state index in [2.05, 4.69) is 0 Å². The van der Waals surface area contributed by atoms with Gasteiger partial charge in [-0.3, -0.25) is 5.41 Å². The molecule has 0 atom stereocenters. The van der Waals surface area contributed by atoms with Gasteiger partial charge in [-0.15, -0.1) is 11.3 Å². The van der Waals surface area contributed by atoms with Gasteiger partial charge in [0, 0.05) is 16.1 Å². The van der Waals surface area contributed by atoms with Crippen LogP contribution in [0.4, 0.5) is 5.69 Å². The largest absolute Gasteiger partial charge is 0.510 e. The molecule has 0 radical (unpaired) electrons. The van der Waals surface area contributed by atoms with Gasteiger partial charge in [0.25, 0.3) is 0 Å². The van der Waals surface area contributed by atoms with Crippen LogP contribution in [0, 0.1) is 19.3 Å². The Kier molecular flexibility index (Phi) is 4.97. The van der Waals surface area contributed by atoms with Gasteiger partial charge in [-0.2, -0.15) is 0 Å². The van der Waals surface area contributed by atoms with Crippen molar-refractivity contribution in [2.24, 2.45) is 5.14 Å². The summed E-state index contributed by atoms with van der Waals surface area (Å²) in [5, 5.41) is 24.9. The van der Waals surface area contributed by atoms with Crippen molar-refractivity contribution in [1.82, 2.24) is 4.98 Å². The summed E-state index contributed by atoms with van der Waals surface area (Å²) in [6.07, 6.45) is 0. The van der Waals surface area contributed by atoms with Crippen molar-refractivity contribution >= 4 is 38.5 Å². The molecule has 2 aromatic carbocycles. The number of nitrogens with one attached hydrogen (secondary N) is 1. The molecule has 9 heteroatoms. The molecular formula is C21H20N4O3S2. The molecular weight excluding hydrogens is 420 g/mol. The minimum atomic E-state index is -3.79. The van der Waals surface area contributed by atoms with Gasteiger partial charge in [0.15, 0.2) is 0 Å². The van der Waals surface area contributed by atoms with Crippen LogP contribution in [0.1, 0.15) is 15.4 Å². The van der Waals surface area contributed by atoms with Crippen molar-refractivity contribution in [3.63, 3.8) is 0 Å². The maximum atomic E-state index is 11.5. The molecule has 4 N–H and O–H groups in total. The zero-order chi connectivity index (χ0) is 21.6. The normalized spacial score (nSPS) is 14.6. The highest BCUT2D eigenvalue weighted by molar-refractivity contribution is 7.89. The lowest BCUT2D eigenvalue weighted by molar-refractivity contribution is 0.411. The Bertz CT molecular complexity index is 1270. The van der Waals surface area contributed by atoms with Crippen molar-refractivity contribution < 1.29 is 13.5 Å². The van der Waals surface area contributed by atoms with Gasteiger partial charge in [-0.25, -0.2) is 18.5 Å². The summed E-state index contributed by atoms with van der Waals surface area (Å²) >= 11 is 1.43. The van der Waals surface area contributed by atoms with Gasteiger partial charge in [0.05, 0.1) is 22.7 Å². The molecule has 30 heavy (non-hydrogen) atoms. The fourth-order valence-electron chi connectivity index (χ4n) is 3.32. The topological polar surface area (TPSA) is 120 Å². The number of aryl methyl sites for hydroxylation is 2. The van der Waals surface area contributed by atoms with Gasteiger partial charge >= 0.3 is 0 Å². The molecule has 3 aromatic rings. The summed E-state index contributed by atoms with van der Waals surface area (Å²) in [6.45, 7) is 4.10. The quantitative estimate of drug-likeness (QED) is 0.569. The van der Waals surface area contributed by atoms with E-state index < -0.39 is 10.0 Å². The highest BCUT2D eigenvalue weighted by atomic mass is 32.2. The first kappa shape index (κ1) is 20.3. The first-order valence-electron chi connectivity index (χ1n) is 9.11. The molecule has 1 aliphatic rings. The Morgan fingerprint density at radius 2 is 1.73 bits per heavy atom. The number of amidine groups is 1. The number of nitrogens with zero attached hydrogens (tertiary/aromatic N) is 2. The summed E-state index contributed by atoms with van der Waals surface area (Å²) in [5.74, 6) is 0.166. The van der Waals surface area contributed by atoms with Crippen molar-refractivity contribution in [3.8, 4) is 11.3 Å². The van der Waals surface area contributed by atoms with E-state index in [0.717, 1.165) is 21.7 Å². The first-order valence-corrected chi connectivity index (χ1v) is 11.5. The van der Waals surface area contributed by atoms with Crippen LogP contribution in [0.2, 0.25) is 0 Å². The van der Waals surface area contributed by atoms with Crippen molar-refractivity contribution in [2.45, 2.75) is 18.7 Å². The van der Waals surface area contributed by atoms with E-state index in [1.165, 1.54) is 23.5 Å². The Hall–Kier alpha value is -3.01. The number of anilines is 1. The lowest BCUT2D eigenvalue weighted by atomic mass is 10.1. The molecule has 0 fully saturated rings. The Morgan fingerprint density at radius 3 is 2.33 bits per heavy atom. The number of rotatable bonds is 4. The average Bonchev–Trinajstić information content (AvgIpc) is 3.21. The number of benzene rings is 2. The average molecular weight is 441 g/mol. The number of aromatic nitrogens is 1. The Balaban J connectivity index is 1.65. The second kappa shape index (κ2) is 7.35. The first-order chi connectivity index (χ1) is 14.1. The fraction of sp³-hybridized carbons (Fsp3) is 0.143. The minimum Gasteiger partial charge on any atom is -0.510 e. The molecule has 7 nitrogen and oxygen atoms in total. The predicted molar refractivity (Wildman–Crippen MR) is 119 cm³/mol. The van der Waals surface area contributed by atoms with Gasteiger partial charge in [-0.1, -0.05) is 29.8 Å². The fourth-order valence-corrected chi connectivity index (χ4v) is 4.84. The zero-order valence-corrected chi connectivity index (χ0v) is 18.0. The molecule has 0 saturated carbocycles. The summed E-state index contributed by atoms with van der Waals surface area (Å²) in [6, 6.07) is 14.0. The van der Waals surface area contributed by atoms with E-state index in [1.54, 1.807) is 17.0 Å². The lowest BCUT2D eigenvalue weighted by Gasteiger charge is -2.18. The minimum absolute atomic E-state index is 0.00679. The molecule has 1 aliphatic heterocycles. The number of aliphatic hydroxyl groups excluding tert-OH is 1. The van der Waals surface area contributed by atoms with E-state index in [-0.39, 0.29) is 23.0 Å². The molecule has 2 heterocycles. The standard InChI is InChI=1S/C21H20N4O3S2/c1-12-3-5-14(6-4-12)19-13(2)29-21(24-19)18-17(26)11-25(20(18)22)15-7-9-16(10-8-15)30(23,27)28/h3-10,22,26H,11H2,1-2H3,(H2,23,27,28). The van der Waals surface area contributed by atoms with Crippen molar-refractivity contribution in [3.05, 3.63) is 69.7 Å². The Morgan fingerprint density at radius 1 is 1.10 bits per heavy atom. The summed E-state index contributed by atoms with van der Waals surface area (Å²) in [7, 11) is -3.79. The van der Waals surface area contributed by atoms with Crippen LogP contribution < -0.4 is 10.0 Å². The molecule has 0 unspecified atom stereocenters. The molecule has 4 rings (SSSR count). The second-order valence-electron chi connectivity index (χ2n) is 7.09. The lowest BCUT2D eigenvalue weighted by Crippen LogP contribution is -2.26. The predicted octanol–water partition coefficient (Wildman–Crippen LogP) is 3.84. The zero-order valence-electron chi connectivity index (χ0n) is 16.4. The number of nitrogens with two attached hydrogens (primary N) is 1. The van der Waals surface area contributed by atoms with E-state index in [0.29, 0.717) is 16.3 Å². The van der Waals surface area contributed by atoms with E-state index in [9.17, 15) is 13.5 Å². The third kappa shape index (κ3) is 3.62. The monoisotopic (exact) mass is 440 g/mol. The van der Waals surface area contributed by atoms with E-state index in [4.69, 9.17) is 15.5 Å². The van der Waals surface area contributed by atoms with Gasteiger partial charge in [0.1, 0.15) is 16.6 Å². The van der Waals surface area contributed by atoms with Crippen LogP contribution in [0.25, 0.3) is 16.8 Å². The number of primary sulfonamides is 1. The van der Waals surface area contributed by atoms with Gasteiger partial charge in [-0.05, 0) is 38.1 Å². The number of hydrogen-bond acceptors (Lipinski definition) is 6. The SMILES string of the molecule is Cc1ccc(-c2nc(C3=C(O)CN(c4ccc(S(N)(=O)=O)cc4)C3=N)sc2C)cc1. The third-order valence-corrected chi connectivity index (χ3v) is 6.83. The number of aliphatic hydroxyl groups is 1. The second-order valence-corrected chi connectivity index (χ2v) is 9.85. The van der Waals surface area contributed by atoms with Gasteiger partial charge < -0.3 is 10.0 Å². The maximum absolute atomic E-state index is 11.5. The maximum Gasteiger partial charge on any atom is 0.238 e. The van der Waals surface area contributed by atoms with E-state index >= 15 is 0 Å². The molecule has 0 amide bonds. The van der Waals surface area contributed by atoms with Crippen LogP contribution >= 0.6 is 11.3 Å². The van der Waals surface area contributed by atoms with Crippen LogP contribution in [0.15, 0.2) is 59.2 Å². The van der Waals surface area contributed by atoms with Gasteiger partial charge in [0.2, 0.25) is 10.0 Å². The third-order valence-electron chi connectivity index (χ3n) is 4.92. The molecule has 1 aromatic heterocycles. The Labute approximate surface area is 178 Å². The smallest absolute Gasteiger partial charge is 0.238 e. The number of thiazole rings is 1. The van der Waals surface area contributed by atoms with Crippen LogP contribution in [-0.2, 0) is 10.0 Å². The van der Waals surface area contributed by atoms with Crippen LogP contribution in [0.3, 0.4) is 0 Å². The van der Waals surface area contributed by atoms with Crippen LogP contribution in [-0.4, -0.2) is 30.9 Å². The van der Waals surface area contributed by atoms with Crippen molar-refractivity contribution in [2.75, 3.05) is 11.4 Å². The summed E-state index contributed by atoms with van der Waals surface area (Å²) in [4.78, 5) is 7.29. The molecule has 0 aliphatic carbocycles. The molecule has 0 bridgehead atoms. The molecule has 0 saturated heterocycles. The number of sulfonamides is 1. The summed E-state index contributed by atoms with van der Waals surface area (Å²) in [5.41, 5.74) is 3.95. The summed E-state index contributed by atoms with van der Waals surface area (Å²) < 4.78 is 22.9. The highest BCUT2D eigenvalue weighted by Crippen LogP contribution is 2.36. The van der Waals surface area contributed by atoms with E-state index in [1.807, 2.05) is 38.1 Å².